The SMILES string of the molecule is CCCCCCCCCCCCCCCNC(=O)c1coc(C2CCNCC2)n1. The summed E-state index contributed by atoms with van der Waals surface area (Å²) in [4.78, 5) is 16.6. The number of hydrogen-bond donors (Lipinski definition) is 2. The van der Waals surface area contributed by atoms with Gasteiger partial charge in [0.25, 0.3) is 5.91 Å². The van der Waals surface area contributed by atoms with Crippen molar-refractivity contribution in [1.82, 2.24) is 15.6 Å². The molecule has 0 spiro atoms. The zero-order valence-electron chi connectivity index (χ0n) is 18.6. The number of oxazole rings is 1. The van der Waals surface area contributed by atoms with Gasteiger partial charge in [-0.25, -0.2) is 4.98 Å². The van der Waals surface area contributed by atoms with Gasteiger partial charge in [-0.3, -0.25) is 4.79 Å². The Morgan fingerprint density at radius 3 is 2.10 bits per heavy atom. The molecule has 1 aromatic rings. The number of piperidine rings is 1. The van der Waals surface area contributed by atoms with E-state index < -0.39 is 0 Å². The molecule has 1 aliphatic heterocycles. The van der Waals surface area contributed by atoms with Crippen molar-refractivity contribution in [2.45, 2.75) is 109 Å². The van der Waals surface area contributed by atoms with Crippen molar-refractivity contribution in [2.24, 2.45) is 0 Å². The van der Waals surface area contributed by atoms with Crippen LogP contribution in [0.25, 0.3) is 0 Å². The second-order valence-corrected chi connectivity index (χ2v) is 8.59. The molecule has 2 N–H and O–H groups in total. The third-order valence-corrected chi connectivity index (χ3v) is 6.01. The molecule has 0 radical (unpaired) electrons. The fourth-order valence-corrected chi connectivity index (χ4v) is 4.08. The third kappa shape index (κ3) is 10.3. The molecule has 0 aliphatic carbocycles. The van der Waals surface area contributed by atoms with Gasteiger partial charge >= 0.3 is 0 Å². The van der Waals surface area contributed by atoms with Crippen molar-refractivity contribution in [3.8, 4) is 0 Å². The molecule has 1 saturated heterocycles. The predicted octanol–water partition coefficient (Wildman–Crippen LogP) is 5.96. The van der Waals surface area contributed by atoms with E-state index in [4.69, 9.17) is 4.42 Å². The third-order valence-electron chi connectivity index (χ3n) is 6.01. The second kappa shape index (κ2) is 15.5. The Bertz CT molecular complexity index is 538. The Labute approximate surface area is 177 Å². The van der Waals surface area contributed by atoms with Crippen LogP contribution in [-0.2, 0) is 0 Å². The van der Waals surface area contributed by atoms with E-state index in [1.54, 1.807) is 0 Å². The maximum Gasteiger partial charge on any atom is 0.273 e. The van der Waals surface area contributed by atoms with E-state index in [0.29, 0.717) is 11.6 Å². The van der Waals surface area contributed by atoms with Gasteiger partial charge in [0.05, 0.1) is 0 Å². The number of carbonyl (C=O) groups is 1. The number of rotatable bonds is 16. The van der Waals surface area contributed by atoms with Crippen LogP contribution in [0.5, 0.6) is 0 Å². The van der Waals surface area contributed by atoms with E-state index in [2.05, 4.69) is 22.5 Å². The number of unbranched alkanes of at least 4 members (excludes halogenated alkanes) is 12. The molecule has 166 valence electrons. The number of aromatic nitrogens is 1. The molecule has 0 aromatic carbocycles. The molecule has 0 atom stereocenters. The van der Waals surface area contributed by atoms with Crippen molar-refractivity contribution in [1.29, 1.82) is 0 Å². The van der Waals surface area contributed by atoms with Crippen LogP contribution >= 0.6 is 0 Å². The monoisotopic (exact) mass is 405 g/mol. The molecule has 2 heterocycles. The van der Waals surface area contributed by atoms with Crippen LogP contribution in [0.15, 0.2) is 10.7 Å². The van der Waals surface area contributed by atoms with Crippen molar-refractivity contribution >= 4 is 5.91 Å². The molecule has 0 bridgehead atoms. The van der Waals surface area contributed by atoms with E-state index in [1.807, 2.05) is 0 Å². The van der Waals surface area contributed by atoms with Crippen molar-refractivity contribution < 1.29 is 9.21 Å². The molecule has 5 heteroatoms. The quantitative estimate of drug-likeness (QED) is 0.333. The highest BCUT2D eigenvalue weighted by Crippen LogP contribution is 2.24. The van der Waals surface area contributed by atoms with Gasteiger partial charge < -0.3 is 15.1 Å². The molecule has 1 amide bonds. The molecule has 29 heavy (non-hydrogen) atoms. The summed E-state index contributed by atoms with van der Waals surface area (Å²) < 4.78 is 5.55. The number of nitrogens with one attached hydrogen (secondary N) is 2. The standard InChI is InChI=1S/C24H43N3O2/c1-2-3-4-5-6-7-8-9-10-11-12-13-14-17-26-23(28)22-20-29-24(27-22)21-15-18-25-19-16-21/h20-21,25H,2-19H2,1H3,(H,26,28). The van der Waals surface area contributed by atoms with Gasteiger partial charge in [-0.2, -0.15) is 0 Å². The fraction of sp³-hybridized carbons (Fsp3) is 0.833. The first-order chi connectivity index (χ1) is 14.3. The van der Waals surface area contributed by atoms with Crippen LogP contribution < -0.4 is 10.6 Å². The van der Waals surface area contributed by atoms with Gasteiger partial charge in [-0.15, -0.1) is 0 Å². The number of nitrogens with zero attached hydrogens (tertiary/aromatic N) is 1. The summed E-state index contributed by atoms with van der Waals surface area (Å²) in [6.45, 7) is 4.99. The van der Waals surface area contributed by atoms with Crippen LogP contribution in [0, 0.1) is 0 Å². The number of hydrogen-bond acceptors (Lipinski definition) is 4. The van der Waals surface area contributed by atoms with Crippen molar-refractivity contribution in [3.05, 3.63) is 17.8 Å². The molecular weight excluding hydrogens is 362 g/mol. The highest BCUT2D eigenvalue weighted by atomic mass is 16.3. The molecule has 0 saturated carbocycles. The summed E-state index contributed by atoms with van der Waals surface area (Å²) >= 11 is 0. The van der Waals surface area contributed by atoms with Gasteiger partial charge in [0, 0.05) is 12.5 Å². The van der Waals surface area contributed by atoms with Gasteiger partial charge in [0.15, 0.2) is 11.6 Å². The normalized spacial score (nSPS) is 14.9. The molecule has 0 unspecified atom stereocenters. The van der Waals surface area contributed by atoms with Gasteiger partial charge in [0.2, 0.25) is 0 Å². The Morgan fingerprint density at radius 2 is 1.52 bits per heavy atom. The summed E-state index contributed by atoms with van der Waals surface area (Å²) in [6.07, 6.45) is 21.0. The van der Waals surface area contributed by atoms with E-state index in [9.17, 15) is 4.79 Å². The van der Waals surface area contributed by atoms with Crippen LogP contribution in [0.4, 0.5) is 0 Å². The minimum Gasteiger partial charge on any atom is -0.448 e. The summed E-state index contributed by atoms with van der Waals surface area (Å²) in [5.74, 6) is 0.962. The lowest BCUT2D eigenvalue weighted by molar-refractivity contribution is 0.0948. The average molecular weight is 406 g/mol. The second-order valence-electron chi connectivity index (χ2n) is 8.59. The van der Waals surface area contributed by atoms with Crippen LogP contribution in [0.1, 0.15) is 126 Å². The lowest BCUT2D eigenvalue weighted by Gasteiger charge is -2.19. The highest BCUT2D eigenvalue weighted by Gasteiger charge is 2.21. The zero-order valence-corrected chi connectivity index (χ0v) is 18.6. The fourth-order valence-electron chi connectivity index (χ4n) is 4.08. The summed E-state index contributed by atoms with van der Waals surface area (Å²) in [6, 6.07) is 0. The van der Waals surface area contributed by atoms with Crippen LogP contribution in [0.3, 0.4) is 0 Å². The summed E-state index contributed by atoms with van der Waals surface area (Å²) in [5.41, 5.74) is 0.424. The lowest BCUT2D eigenvalue weighted by atomic mass is 9.98. The molecule has 1 fully saturated rings. The first-order valence-corrected chi connectivity index (χ1v) is 12.3. The topological polar surface area (TPSA) is 67.2 Å². The van der Waals surface area contributed by atoms with Gasteiger partial charge in [-0.1, -0.05) is 84.0 Å². The molecule has 2 rings (SSSR count). The maximum absolute atomic E-state index is 12.2. The van der Waals surface area contributed by atoms with Gasteiger partial charge in [0.1, 0.15) is 6.26 Å². The van der Waals surface area contributed by atoms with E-state index in [-0.39, 0.29) is 5.91 Å². The number of amides is 1. The Kier molecular flexibility index (Phi) is 12.8. The van der Waals surface area contributed by atoms with Crippen molar-refractivity contribution in [2.75, 3.05) is 19.6 Å². The molecule has 5 nitrogen and oxygen atoms in total. The maximum atomic E-state index is 12.2. The van der Waals surface area contributed by atoms with E-state index in [0.717, 1.165) is 44.8 Å². The Morgan fingerprint density at radius 1 is 0.966 bits per heavy atom. The first-order valence-electron chi connectivity index (χ1n) is 12.3. The molecule has 1 aliphatic rings. The Balaban J connectivity index is 1.41. The smallest absolute Gasteiger partial charge is 0.273 e. The van der Waals surface area contributed by atoms with Crippen molar-refractivity contribution in [3.63, 3.8) is 0 Å². The minimum absolute atomic E-state index is 0.104. The summed E-state index contributed by atoms with van der Waals surface area (Å²) in [7, 11) is 0. The average Bonchev–Trinajstić information content (AvgIpc) is 3.25. The zero-order chi connectivity index (χ0) is 20.6. The van der Waals surface area contributed by atoms with Gasteiger partial charge in [-0.05, 0) is 32.4 Å². The summed E-state index contributed by atoms with van der Waals surface area (Å²) in [5, 5.41) is 6.32. The largest absolute Gasteiger partial charge is 0.448 e. The van der Waals surface area contributed by atoms with E-state index in [1.165, 1.54) is 83.3 Å². The van der Waals surface area contributed by atoms with Crippen LogP contribution in [0.2, 0.25) is 0 Å². The first kappa shape index (κ1) is 23.9. The van der Waals surface area contributed by atoms with E-state index >= 15 is 0 Å². The molecule has 1 aromatic heterocycles. The minimum atomic E-state index is -0.104. The highest BCUT2D eigenvalue weighted by molar-refractivity contribution is 5.91. The number of carbonyl (C=O) groups excluding carboxylic acids is 1. The Hall–Kier alpha value is -1.36. The van der Waals surface area contributed by atoms with Crippen LogP contribution in [-0.4, -0.2) is 30.5 Å². The predicted molar refractivity (Wildman–Crippen MR) is 119 cm³/mol. The molecular formula is C24H43N3O2. The lowest BCUT2D eigenvalue weighted by Crippen LogP contribution is -2.27.